The van der Waals surface area contributed by atoms with Crippen LogP contribution in [0.15, 0.2) is 24.4 Å². The molecule has 4 saturated carbocycles. The quantitative estimate of drug-likeness (QED) is 0.504. The maximum Gasteiger partial charge on any atom is 0.319 e. The highest BCUT2D eigenvalue weighted by atomic mass is 19.1. The molecule has 190 valence electrons. The number of aromatic amines is 1. The van der Waals surface area contributed by atoms with Crippen LogP contribution in [0.4, 0.5) is 10.2 Å². The molecule has 0 radical (unpaired) electrons. The van der Waals surface area contributed by atoms with Crippen molar-refractivity contribution < 1.29 is 13.9 Å². The largest absolute Gasteiger partial charge is 0.463 e. The van der Waals surface area contributed by atoms with Crippen molar-refractivity contribution in [3.63, 3.8) is 0 Å². The minimum absolute atomic E-state index is 0.00434. The maximum absolute atomic E-state index is 15.6. The summed E-state index contributed by atoms with van der Waals surface area (Å²) >= 11 is 0. The number of nitrogens with one attached hydrogen (secondary N) is 2. The first-order valence-electron chi connectivity index (χ1n) is 12.9. The Balaban J connectivity index is 1.11. The third kappa shape index (κ3) is 3.95. The van der Waals surface area contributed by atoms with E-state index in [4.69, 9.17) is 10.00 Å². The van der Waals surface area contributed by atoms with E-state index in [0.717, 1.165) is 42.7 Å². The molecule has 8 rings (SSSR count). The number of carbonyl (C=O) groups is 1. The molecule has 0 spiro atoms. The highest BCUT2D eigenvalue weighted by Crippen LogP contribution is 2.57. The number of nitriles is 1. The van der Waals surface area contributed by atoms with Crippen molar-refractivity contribution in [3.05, 3.63) is 35.8 Å². The minimum Gasteiger partial charge on any atom is -0.463 e. The van der Waals surface area contributed by atoms with Gasteiger partial charge in [-0.05, 0) is 50.2 Å². The fraction of sp³-hybridized carbons (Fsp3) is 0.538. The van der Waals surface area contributed by atoms with E-state index in [2.05, 4.69) is 36.5 Å². The fourth-order valence-corrected chi connectivity index (χ4v) is 6.05. The smallest absolute Gasteiger partial charge is 0.319 e. The number of ether oxygens (including phenoxy) is 1. The van der Waals surface area contributed by atoms with Gasteiger partial charge in [0.1, 0.15) is 17.7 Å². The van der Waals surface area contributed by atoms with Gasteiger partial charge in [-0.2, -0.15) is 20.3 Å². The molecule has 5 fully saturated rings. The molecule has 1 amide bonds. The molecule has 4 atom stereocenters. The first kappa shape index (κ1) is 22.4. The number of halogens is 1. The monoisotopic (exact) mass is 502 g/mol. The van der Waals surface area contributed by atoms with Crippen LogP contribution in [0, 0.1) is 29.1 Å². The van der Waals surface area contributed by atoms with Crippen LogP contribution in [0.3, 0.4) is 0 Å². The van der Waals surface area contributed by atoms with Gasteiger partial charge in [-0.1, -0.05) is 0 Å². The van der Waals surface area contributed by atoms with Gasteiger partial charge < -0.3 is 15.0 Å². The van der Waals surface area contributed by atoms with Crippen molar-refractivity contribution in [3.8, 4) is 12.1 Å². The highest BCUT2D eigenvalue weighted by molar-refractivity contribution is 5.94. The van der Waals surface area contributed by atoms with Crippen LogP contribution in [0.2, 0.25) is 0 Å². The van der Waals surface area contributed by atoms with Gasteiger partial charge in [0, 0.05) is 41.6 Å². The third-order valence-corrected chi connectivity index (χ3v) is 8.45. The van der Waals surface area contributed by atoms with E-state index >= 15 is 4.39 Å². The van der Waals surface area contributed by atoms with Gasteiger partial charge in [0.25, 0.3) is 5.91 Å². The van der Waals surface area contributed by atoms with Crippen molar-refractivity contribution in [2.24, 2.45) is 17.8 Å². The lowest BCUT2D eigenvalue weighted by Crippen LogP contribution is -2.68. The SMILES string of the molecule is N#C[C@@H]1C[C@@H]1COc1nc(C(=O)NC23CC(C2)C3)cc(N2CCC(c3[nH]nc4ncccc34)C(F)C2)n1. The molecule has 0 aromatic carbocycles. The van der Waals surface area contributed by atoms with Gasteiger partial charge in [-0.25, -0.2) is 9.37 Å². The van der Waals surface area contributed by atoms with Crippen molar-refractivity contribution in [1.82, 2.24) is 30.5 Å². The van der Waals surface area contributed by atoms with Gasteiger partial charge in [-0.3, -0.25) is 9.89 Å². The summed E-state index contributed by atoms with van der Waals surface area (Å²) in [7, 11) is 0. The zero-order chi connectivity index (χ0) is 25.1. The molecule has 5 aliphatic rings. The Morgan fingerprint density at radius 2 is 2.22 bits per heavy atom. The lowest BCUT2D eigenvalue weighted by Gasteiger charge is -2.61. The topological polar surface area (TPSA) is 133 Å². The zero-order valence-corrected chi connectivity index (χ0v) is 20.2. The highest BCUT2D eigenvalue weighted by Gasteiger charge is 2.57. The fourth-order valence-electron chi connectivity index (χ4n) is 6.05. The summed E-state index contributed by atoms with van der Waals surface area (Å²) < 4.78 is 21.4. The lowest BCUT2D eigenvalue weighted by molar-refractivity contribution is -0.0439. The maximum atomic E-state index is 15.6. The Kier molecular flexibility index (Phi) is 5.06. The van der Waals surface area contributed by atoms with Crippen LogP contribution < -0.4 is 15.0 Å². The van der Waals surface area contributed by atoms with Crippen molar-refractivity contribution in [1.29, 1.82) is 5.26 Å². The van der Waals surface area contributed by atoms with Gasteiger partial charge >= 0.3 is 6.01 Å². The Morgan fingerprint density at radius 3 is 2.95 bits per heavy atom. The second-order valence-corrected chi connectivity index (χ2v) is 11.0. The molecular formula is C26H27FN8O2. The second-order valence-electron chi connectivity index (χ2n) is 11.0. The summed E-state index contributed by atoms with van der Waals surface area (Å²) in [6, 6.07) is 7.70. The van der Waals surface area contributed by atoms with E-state index in [9.17, 15) is 4.79 Å². The number of fused-ring (bicyclic) bond motifs is 1. The molecule has 4 aliphatic carbocycles. The van der Waals surface area contributed by atoms with E-state index < -0.39 is 6.17 Å². The average molecular weight is 503 g/mol. The Hall–Kier alpha value is -3.81. The number of hydrogen-bond acceptors (Lipinski definition) is 8. The van der Waals surface area contributed by atoms with E-state index in [0.29, 0.717) is 31.0 Å². The Morgan fingerprint density at radius 1 is 1.35 bits per heavy atom. The number of nitrogens with zero attached hydrogens (tertiary/aromatic N) is 6. The third-order valence-electron chi connectivity index (χ3n) is 8.45. The molecule has 37 heavy (non-hydrogen) atoms. The lowest BCUT2D eigenvalue weighted by atomic mass is 9.50. The predicted molar refractivity (Wildman–Crippen MR) is 131 cm³/mol. The first-order chi connectivity index (χ1) is 18.0. The standard InChI is InChI=1S/C26H27FN8O2/c27-19-12-35(5-3-17(19)22-18-2-1-4-29-23(18)34-33-22)21-7-20(24(36)32-26-8-14(9-26)10-26)30-25(31-21)37-13-16-6-15(16)11-28/h1-2,4,7,14-17,19H,3,5-6,8-10,12-13H2,(H,32,36)(H,29,33,34)/t14?,15-,16+,17?,19?,26?/m0/s1. The van der Waals surface area contributed by atoms with Crippen LogP contribution >= 0.6 is 0 Å². The molecule has 1 saturated heterocycles. The normalized spacial score (nSPS) is 31.7. The summed E-state index contributed by atoms with van der Waals surface area (Å²) in [6.45, 7) is 0.991. The molecule has 2 unspecified atom stereocenters. The van der Waals surface area contributed by atoms with Crippen LogP contribution in [0.5, 0.6) is 6.01 Å². The number of aromatic nitrogens is 5. The molecule has 3 aromatic heterocycles. The molecule has 2 N–H and O–H groups in total. The minimum atomic E-state index is -1.17. The Bertz CT molecular complexity index is 1400. The van der Waals surface area contributed by atoms with E-state index in [1.165, 1.54) is 0 Å². The number of piperidine rings is 1. The molecular weight excluding hydrogens is 475 g/mol. The van der Waals surface area contributed by atoms with E-state index in [1.54, 1.807) is 12.3 Å². The van der Waals surface area contributed by atoms with Crippen LogP contribution in [-0.4, -0.2) is 62.5 Å². The number of amides is 1. The molecule has 11 heteroatoms. The number of rotatable bonds is 7. The number of carbonyl (C=O) groups excluding carboxylic acids is 1. The van der Waals surface area contributed by atoms with E-state index in [1.807, 2.05) is 17.0 Å². The summed E-state index contributed by atoms with van der Waals surface area (Å²) in [5.41, 5.74) is 1.47. The van der Waals surface area contributed by atoms with Crippen LogP contribution in [0.25, 0.3) is 11.0 Å². The van der Waals surface area contributed by atoms with E-state index in [-0.39, 0.29) is 47.4 Å². The number of pyridine rings is 1. The van der Waals surface area contributed by atoms with Crippen molar-refractivity contribution >= 4 is 22.8 Å². The number of anilines is 1. The molecule has 10 nitrogen and oxygen atoms in total. The average Bonchev–Trinajstić information content (AvgIpc) is 3.51. The number of hydrogen-bond donors (Lipinski definition) is 2. The Labute approximate surface area is 212 Å². The molecule has 2 bridgehead atoms. The molecule has 4 heterocycles. The van der Waals surface area contributed by atoms with Crippen molar-refractivity contribution in [2.75, 3.05) is 24.6 Å². The van der Waals surface area contributed by atoms with Crippen LogP contribution in [0.1, 0.15) is 54.2 Å². The van der Waals surface area contributed by atoms with Gasteiger partial charge in [0.05, 0.1) is 30.8 Å². The number of H-pyrrole nitrogens is 1. The van der Waals surface area contributed by atoms with Crippen molar-refractivity contribution in [2.45, 2.75) is 49.7 Å². The summed E-state index contributed by atoms with van der Waals surface area (Å²) in [5, 5.41) is 20.3. The number of alkyl halides is 1. The summed E-state index contributed by atoms with van der Waals surface area (Å²) in [6.07, 6.45) is 4.90. The van der Waals surface area contributed by atoms with Crippen LogP contribution in [-0.2, 0) is 0 Å². The second kappa shape index (κ2) is 8.36. The first-order valence-corrected chi connectivity index (χ1v) is 12.9. The van der Waals surface area contributed by atoms with Gasteiger partial charge in [-0.15, -0.1) is 0 Å². The summed E-state index contributed by atoms with van der Waals surface area (Å²) in [5.74, 6) is 0.758. The van der Waals surface area contributed by atoms with Gasteiger partial charge in [0.2, 0.25) is 0 Å². The van der Waals surface area contributed by atoms with Gasteiger partial charge in [0.15, 0.2) is 5.65 Å². The molecule has 1 aliphatic heterocycles. The predicted octanol–water partition coefficient (Wildman–Crippen LogP) is 2.90. The molecule has 3 aromatic rings. The zero-order valence-electron chi connectivity index (χ0n) is 20.2. The summed E-state index contributed by atoms with van der Waals surface area (Å²) in [4.78, 5) is 28.1.